The lowest BCUT2D eigenvalue weighted by atomic mass is 9.98. The number of ether oxygens (including phenoxy) is 1. The molecule has 0 bridgehead atoms. The fraction of sp³-hybridized carbons (Fsp3) is 0.488. The number of hydrogen-bond donors (Lipinski definition) is 3. The highest BCUT2D eigenvalue weighted by Crippen LogP contribution is 2.24. The van der Waals surface area contributed by atoms with E-state index in [0.717, 1.165) is 40.1 Å². The number of nitrogens with zero attached hydrogens (tertiary/aromatic N) is 2. The number of hydrogen-bond acceptors (Lipinski definition) is 8. The average Bonchev–Trinajstić information content (AvgIpc) is 3.36. The molecular weight excluding hydrogens is 771 g/mol. The van der Waals surface area contributed by atoms with Gasteiger partial charge in [0.05, 0.1) is 35.6 Å². The van der Waals surface area contributed by atoms with Crippen LogP contribution in [0.5, 0.6) is 0 Å². The van der Waals surface area contributed by atoms with Crippen molar-refractivity contribution >= 4 is 33.8 Å². The van der Waals surface area contributed by atoms with Gasteiger partial charge in [-0.1, -0.05) is 88.2 Å². The summed E-state index contributed by atoms with van der Waals surface area (Å²) in [5.74, 6) is -5.60. The summed E-state index contributed by atoms with van der Waals surface area (Å²) in [7, 11) is -3.98. The summed E-state index contributed by atoms with van der Waals surface area (Å²) in [6.07, 6.45) is -0.201. The van der Waals surface area contributed by atoms with Crippen LogP contribution in [0.15, 0.2) is 72.8 Å². The number of rotatable bonds is 21. The molecule has 1 aliphatic heterocycles. The topological polar surface area (TPSA) is 162 Å². The number of imide groups is 1. The van der Waals surface area contributed by atoms with E-state index in [1.165, 1.54) is 18.7 Å². The zero-order valence-electron chi connectivity index (χ0n) is 33.9. The van der Waals surface area contributed by atoms with Crippen LogP contribution in [0.3, 0.4) is 0 Å². The summed E-state index contributed by atoms with van der Waals surface area (Å²) in [6, 6.07) is 17.1. The van der Waals surface area contributed by atoms with Crippen LogP contribution in [-0.2, 0) is 50.2 Å². The van der Waals surface area contributed by atoms with Crippen molar-refractivity contribution in [2.45, 2.75) is 109 Å². The molecule has 3 N–H and O–H groups in total. The third-order valence-electron chi connectivity index (χ3n) is 10.2. The Kier molecular flexibility index (Phi) is 16.3. The zero-order valence-corrected chi connectivity index (χ0v) is 34.7. The number of sulfone groups is 1. The molecule has 5 amide bonds. The number of nitrogens with one attached hydrogen (secondary N) is 2. The first kappa shape index (κ1) is 45.8. The third kappa shape index (κ3) is 12.8. The van der Waals surface area contributed by atoms with Crippen LogP contribution in [0, 0.1) is 17.6 Å². The number of aliphatic hydroxyl groups excluding tert-OH is 1. The van der Waals surface area contributed by atoms with Gasteiger partial charge in [-0.3, -0.25) is 14.5 Å². The van der Waals surface area contributed by atoms with E-state index in [1.807, 2.05) is 51.1 Å². The molecule has 1 saturated heterocycles. The summed E-state index contributed by atoms with van der Waals surface area (Å²) in [5, 5.41) is 16.4. The Hall–Kier alpha value is -4.89. The lowest BCUT2D eigenvalue weighted by Gasteiger charge is -2.32. The third-order valence-corrected chi connectivity index (χ3v) is 12.5. The van der Waals surface area contributed by atoms with Crippen molar-refractivity contribution in [2.75, 3.05) is 18.8 Å². The molecule has 0 aromatic heterocycles. The van der Waals surface area contributed by atoms with Gasteiger partial charge in [0.1, 0.15) is 23.8 Å². The lowest BCUT2D eigenvalue weighted by molar-refractivity contribution is -0.132. The fourth-order valence-corrected chi connectivity index (χ4v) is 9.36. The number of halogens is 2. The molecule has 1 unspecified atom stereocenters. The number of aliphatic hydroxyl groups is 1. The highest BCUT2D eigenvalue weighted by molar-refractivity contribution is 7.92. The maximum absolute atomic E-state index is 14.5. The fourth-order valence-electron chi connectivity index (χ4n) is 7.08. The van der Waals surface area contributed by atoms with Gasteiger partial charge in [-0.25, -0.2) is 26.8 Å². The van der Waals surface area contributed by atoms with Gasteiger partial charge in [0.2, 0.25) is 5.91 Å². The van der Waals surface area contributed by atoms with Crippen LogP contribution in [-0.4, -0.2) is 89.0 Å². The second-order valence-electron chi connectivity index (χ2n) is 15.5. The monoisotopic (exact) mass is 826 g/mol. The summed E-state index contributed by atoms with van der Waals surface area (Å²) >= 11 is 0. The van der Waals surface area contributed by atoms with Gasteiger partial charge < -0.3 is 25.4 Å². The van der Waals surface area contributed by atoms with E-state index in [1.54, 1.807) is 24.3 Å². The predicted octanol–water partition coefficient (Wildman–Crippen LogP) is 6.08. The largest absolute Gasteiger partial charge is 0.445 e. The van der Waals surface area contributed by atoms with Crippen molar-refractivity contribution in [1.82, 2.24) is 20.4 Å². The van der Waals surface area contributed by atoms with Crippen molar-refractivity contribution in [3.05, 3.63) is 107 Å². The van der Waals surface area contributed by atoms with E-state index in [-0.39, 0.29) is 25.1 Å². The van der Waals surface area contributed by atoms with E-state index in [0.29, 0.717) is 31.7 Å². The number of urea groups is 1. The first-order chi connectivity index (χ1) is 27.5. The Morgan fingerprint density at radius 2 is 1.52 bits per heavy atom. The summed E-state index contributed by atoms with van der Waals surface area (Å²) in [6.45, 7) is 7.55. The molecule has 0 aliphatic carbocycles. The Morgan fingerprint density at radius 3 is 2.10 bits per heavy atom. The Bertz CT molecular complexity index is 1970. The van der Waals surface area contributed by atoms with Gasteiger partial charge >= 0.3 is 12.1 Å². The molecule has 58 heavy (non-hydrogen) atoms. The van der Waals surface area contributed by atoms with Crippen molar-refractivity contribution < 1.29 is 46.2 Å². The van der Waals surface area contributed by atoms with E-state index in [2.05, 4.69) is 10.6 Å². The minimum Gasteiger partial charge on any atom is -0.445 e. The van der Waals surface area contributed by atoms with Gasteiger partial charge in [0.25, 0.3) is 5.91 Å². The van der Waals surface area contributed by atoms with Gasteiger partial charge in [-0.05, 0) is 73.9 Å². The number of benzene rings is 3. The maximum atomic E-state index is 14.5. The Labute approximate surface area is 340 Å². The minimum absolute atomic E-state index is 0.00708. The number of carbonyl (C=O) groups excluding carboxylic acids is 4. The quantitative estimate of drug-likeness (QED) is 0.109. The average molecular weight is 827 g/mol. The smallest absolute Gasteiger partial charge is 0.410 e. The van der Waals surface area contributed by atoms with Gasteiger partial charge in [-0.2, -0.15) is 0 Å². The molecule has 316 valence electrons. The molecule has 4 rings (SSSR count). The Balaban J connectivity index is 1.70. The summed E-state index contributed by atoms with van der Waals surface area (Å²) in [5.41, 5.74) is 1.20. The highest BCUT2D eigenvalue weighted by Gasteiger charge is 2.46. The second kappa shape index (κ2) is 20.7. The molecule has 1 aliphatic rings. The molecule has 3 atom stereocenters. The van der Waals surface area contributed by atoms with Gasteiger partial charge in [0, 0.05) is 19.2 Å². The van der Waals surface area contributed by atoms with Crippen LogP contribution in [0.1, 0.15) is 82.6 Å². The first-order valence-corrected chi connectivity index (χ1v) is 21.5. The Morgan fingerprint density at radius 1 is 0.897 bits per heavy atom. The van der Waals surface area contributed by atoms with E-state index in [9.17, 15) is 41.5 Å². The summed E-state index contributed by atoms with van der Waals surface area (Å²) < 4.78 is 62.4. The number of amides is 5. The molecule has 3 aromatic carbocycles. The zero-order chi connectivity index (χ0) is 42.6. The van der Waals surface area contributed by atoms with E-state index < -0.39 is 93.1 Å². The molecule has 1 fully saturated rings. The van der Waals surface area contributed by atoms with Crippen LogP contribution < -0.4 is 10.6 Å². The molecule has 0 radical (unpaired) electrons. The van der Waals surface area contributed by atoms with Crippen LogP contribution in [0.4, 0.5) is 18.4 Å². The molecule has 1 heterocycles. The van der Waals surface area contributed by atoms with Crippen molar-refractivity contribution in [3.8, 4) is 0 Å². The second-order valence-corrected chi connectivity index (χ2v) is 17.8. The number of aryl methyl sites for hydroxylation is 1. The van der Waals surface area contributed by atoms with Gasteiger partial charge in [0.15, 0.2) is 9.84 Å². The van der Waals surface area contributed by atoms with Gasteiger partial charge in [-0.15, -0.1) is 0 Å². The molecule has 0 spiro atoms. The van der Waals surface area contributed by atoms with Crippen LogP contribution in [0.2, 0.25) is 0 Å². The molecule has 12 nitrogen and oxygen atoms in total. The van der Waals surface area contributed by atoms with Crippen molar-refractivity contribution in [3.63, 3.8) is 0 Å². The lowest BCUT2D eigenvalue weighted by Crippen LogP contribution is -2.54. The van der Waals surface area contributed by atoms with Crippen molar-refractivity contribution in [1.29, 1.82) is 0 Å². The normalized spacial score (nSPS) is 15.5. The van der Waals surface area contributed by atoms with Crippen LogP contribution >= 0.6 is 0 Å². The number of carbonyl (C=O) groups is 4. The highest BCUT2D eigenvalue weighted by atomic mass is 32.2. The standard InChI is InChI=1S/C43H56F2N4O8S/c1-6-13-36(14-7-2)58(55,56)28-33(25-49-40(52)43(4,5)47-41(49)53)39(51)46-37(22-32-20-34(44)23-35(45)21-32)38(50)26-48(24-31-18-12-17-29(8-3)19-31)42(54)57-27-30-15-10-9-11-16-30/h9-12,15-21,23,33,36-38,50H,6-8,13-14,22,24-28H2,1-5H3,(H,46,51)(H,47,53)/t33?,37-,38+/m0/s1. The van der Waals surface area contributed by atoms with Crippen molar-refractivity contribution in [2.24, 2.45) is 5.92 Å². The molecule has 3 aromatic rings. The van der Waals surface area contributed by atoms with E-state index in [4.69, 9.17) is 4.74 Å². The first-order valence-electron chi connectivity index (χ1n) is 19.8. The minimum atomic E-state index is -3.98. The SMILES string of the molecule is CCCC(CCC)S(=O)(=O)CC(CN1C(=O)NC(C)(C)C1=O)C(=O)N[C@@H](Cc1cc(F)cc(F)c1)[C@H](O)CN(Cc1cccc(CC)c1)C(=O)OCc1ccccc1. The molecule has 15 heteroatoms. The maximum Gasteiger partial charge on any atom is 0.410 e. The van der Waals surface area contributed by atoms with Crippen LogP contribution in [0.25, 0.3) is 0 Å². The predicted molar refractivity (Wildman–Crippen MR) is 216 cm³/mol. The molecular formula is C43H56F2N4O8S. The summed E-state index contributed by atoms with van der Waals surface area (Å²) in [4.78, 5) is 56.4. The molecule has 0 saturated carbocycles. The van der Waals surface area contributed by atoms with E-state index >= 15 is 0 Å².